The van der Waals surface area contributed by atoms with E-state index >= 15 is 0 Å². The SMILES string of the molecule is CCCCc1ccc(NC(=O)/C(C#N)=C/c2ccc(C#N)cc2)cc1. The van der Waals surface area contributed by atoms with E-state index in [-0.39, 0.29) is 5.57 Å². The predicted octanol–water partition coefficient (Wildman–Crippen LogP) is 4.45. The summed E-state index contributed by atoms with van der Waals surface area (Å²) in [5, 5.41) is 20.8. The Morgan fingerprint density at radius 2 is 1.76 bits per heavy atom. The minimum absolute atomic E-state index is 0.0137. The normalized spacial score (nSPS) is 10.6. The Bertz CT molecular complexity index is 835. The molecule has 0 aliphatic rings. The maximum Gasteiger partial charge on any atom is 0.266 e. The van der Waals surface area contributed by atoms with Gasteiger partial charge in [-0.15, -0.1) is 0 Å². The maximum atomic E-state index is 12.3. The minimum atomic E-state index is -0.451. The van der Waals surface area contributed by atoms with Crippen LogP contribution in [0.2, 0.25) is 0 Å². The molecule has 0 unspecified atom stereocenters. The highest BCUT2D eigenvalue weighted by atomic mass is 16.1. The summed E-state index contributed by atoms with van der Waals surface area (Å²) in [6, 6.07) is 18.3. The summed E-state index contributed by atoms with van der Waals surface area (Å²) in [7, 11) is 0. The summed E-state index contributed by atoms with van der Waals surface area (Å²) in [5.41, 5.74) is 3.13. The fourth-order valence-corrected chi connectivity index (χ4v) is 2.30. The first-order valence-corrected chi connectivity index (χ1v) is 8.18. The molecule has 0 atom stereocenters. The number of nitrogens with zero attached hydrogens (tertiary/aromatic N) is 2. The van der Waals surface area contributed by atoms with E-state index in [1.165, 1.54) is 11.6 Å². The molecule has 2 aromatic carbocycles. The Kier molecular flexibility index (Phi) is 6.51. The molecule has 2 aromatic rings. The maximum absolute atomic E-state index is 12.3. The molecule has 25 heavy (non-hydrogen) atoms. The van der Waals surface area contributed by atoms with E-state index in [1.807, 2.05) is 36.4 Å². The number of nitrogens with one attached hydrogen (secondary N) is 1. The lowest BCUT2D eigenvalue weighted by molar-refractivity contribution is -0.112. The molecule has 0 saturated carbocycles. The molecule has 4 heteroatoms. The number of carbonyl (C=O) groups excluding carboxylic acids is 1. The molecule has 124 valence electrons. The van der Waals surface area contributed by atoms with Gasteiger partial charge in [0, 0.05) is 5.69 Å². The first-order valence-electron chi connectivity index (χ1n) is 8.18. The van der Waals surface area contributed by atoms with E-state index in [4.69, 9.17) is 5.26 Å². The molecule has 2 rings (SSSR count). The van der Waals surface area contributed by atoms with Gasteiger partial charge in [-0.2, -0.15) is 10.5 Å². The van der Waals surface area contributed by atoms with Gasteiger partial charge in [0.05, 0.1) is 11.6 Å². The molecule has 0 bridgehead atoms. The highest BCUT2D eigenvalue weighted by Gasteiger charge is 2.09. The van der Waals surface area contributed by atoms with Gasteiger partial charge in [-0.25, -0.2) is 0 Å². The number of nitriles is 2. The number of benzene rings is 2. The van der Waals surface area contributed by atoms with E-state index in [2.05, 4.69) is 12.2 Å². The van der Waals surface area contributed by atoms with Crippen LogP contribution in [0.25, 0.3) is 6.08 Å². The molecule has 1 amide bonds. The number of amides is 1. The third-order valence-electron chi connectivity index (χ3n) is 3.75. The largest absolute Gasteiger partial charge is 0.321 e. The van der Waals surface area contributed by atoms with Gasteiger partial charge in [0.15, 0.2) is 0 Å². The van der Waals surface area contributed by atoms with Gasteiger partial charge >= 0.3 is 0 Å². The Labute approximate surface area is 148 Å². The lowest BCUT2D eigenvalue weighted by Crippen LogP contribution is -2.13. The zero-order valence-corrected chi connectivity index (χ0v) is 14.1. The number of hydrogen-bond acceptors (Lipinski definition) is 3. The van der Waals surface area contributed by atoms with E-state index in [1.54, 1.807) is 24.3 Å². The Morgan fingerprint density at radius 3 is 2.32 bits per heavy atom. The summed E-state index contributed by atoms with van der Waals surface area (Å²) in [4.78, 5) is 12.3. The van der Waals surface area contributed by atoms with Crippen LogP contribution in [0.3, 0.4) is 0 Å². The van der Waals surface area contributed by atoms with E-state index in [0.29, 0.717) is 16.8 Å². The number of carbonyl (C=O) groups is 1. The van der Waals surface area contributed by atoms with Gasteiger partial charge in [0.2, 0.25) is 0 Å². The van der Waals surface area contributed by atoms with Crippen molar-refractivity contribution in [3.8, 4) is 12.1 Å². The lowest BCUT2D eigenvalue weighted by Gasteiger charge is -2.06. The third-order valence-corrected chi connectivity index (χ3v) is 3.75. The number of anilines is 1. The molecule has 0 heterocycles. The van der Waals surface area contributed by atoms with Gasteiger partial charge in [-0.3, -0.25) is 4.79 Å². The Morgan fingerprint density at radius 1 is 1.08 bits per heavy atom. The predicted molar refractivity (Wildman–Crippen MR) is 98.4 cm³/mol. The summed E-state index contributed by atoms with van der Waals surface area (Å²) in [6.07, 6.45) is 4.81. The van der Waals surface area contributed by atoms with Crippen LogP contribution < -0.4 is 5.32 Å². The molecule has 0 saturated heterocycles. The molecule has 1 N–H and O–H groups in total. The van der Waals surface area contributed by atoms with Gasteiger partial charge in [-0.05, 0) is 54.3 Å². The van der Waals surface area contributed by atoms with Crippen LogP contribution in [0.15, 0.2) is 54.1 Å². The second-order valence-corrected chi connectivity index (χ2v) is 5.66. The molecule has 0 fully saturated rings. The van der Waals surface area contributed by atoms with Crippen molar-refractivity contribution in [2.24, 2.45) is 0 Å². The van der Waals surface area contributed by atoms with Crippen molar-refractivity contribution in [1.29, 1.82) is 10.5 Å². The fraction of sp³-hybridized carbons (Fsp3) is 0.190. The van der Waals surface area contributed by atoms with Crippen molar-refractivity contribution < 1.29 is 4.79 Å². The van der Waals surface area contributed by atoms with Crippen molar-refractivity contribution in [2.75, 3.05) is 5.32 Å². The van der Waals surface area contributed by atoms with Crippen LogP contribution in [-0.2, 0) is 11.2 Å². The molecule has 0 spiro atoms. The highest BCUT2D eigenvalue weighted by molar-refractivity contribution is 6.09. The molecular formula is C21H19N3O. The van der Waals surface area contributed by atoms with E-state index in [0.717, 1.165) is 19.3 Å². The monoisotopic (exact) mass is 329 g/mol. The van der Waals surface area contributed by atoms with Crippen molar-refractivity contribution in [1.82, 2.24) is 0 Å². The molecular weight excluding hydrogens is 310 g/mol. The number of aryl methyl sites for hydroxylation is 1. The Hall–Kier alpha value is -3.37. The molecule has 4 nitrogen and oxygen atoms in total. The van der Waals surface area contributed by atoms with Crippen molar-refractivity contribution >= 4 is 17.7 Å². The number of hydrogen-bond donors (Lipinski definition) is 1. The van der Waals surface area contributed by atoms with Crippen molar-refractivity contribution in [3.63, 3.8) is 0 Å². The summed E-state index contributed by atoms with van der Waals surface area (Å²) >= 11 is 0. The third kappa shape index (κ3) is 5.34. The summed E-state index contributed by atoms with van der Waals surface area (Å²) in [6.45, 7) is 2.15. The first kappa shape index (κ1) is 18.0. The van der Waals surface area contributed by atoms with Gasteiger partial charge in [0.25, 0.3) is 5.91 Å². The second kappa shape index (κ2) is 9.05. The fourth-order valence-electron chi connectivity index (χ4n) is 2.30. The van der Waals surface area contributed by atoms with E-state index < -0.39 is 5.91 Å². The van der Waals surface area contributed by atoms with Crippen molar-refractivity contribution in [3.05, 3.63) is 70.8 Å². The Balaban J connectivity index is 2.07. The topological polar surface area (TPSA) is 76.7 Å². The first-order chi connectivity index (χ1) is 12.2. The van der Waals surface area contributed by atoms with Crippen LogP contribution in [-0.4, -0.2) is 5.91 Å². The summed E-state index contributed by atoms with van der Waals surface area (Å²) in [5.74, 6) is -0.451. The van der Waals surface area contributed by atoms with Crippen LogP contribution in [0.4, 0.5) is 5.69 Å². The standard InChI is InChI=1S/C21H19N3O/c1-2-3-4-16-9-11-20(12-10-16)24-21(25)19(15-23)13-17-5-7-18(14-22)8-6-17/h5-13H,2-4H2,1H3,(H,24,25)/b19-13+. The van der Waals surface area contributed by atoms with E-state index in [9.17, 15) is 10.1 Å². The molecule has 0 radical (unpaired) electrons. The average molecular weight is 329 g/mol. The van der Waals surface area contributed by atoms with Gasteiger partial charge in [-0.1, -0.05) is 37.6 Å². The second-order valence-electron chi connectivity index (χ2n) is 5.66. The van der Waals surface area contributed by atoms with Gasteiger partial charge < -0.3 is 5.32 Å². The van der Waals surface area contributed by atoms with Gasteiger partial charge in [0.1, 0.15) is 11.6 Å². The smallest absolute Gasteiger partial charge is 0.266 e. The molecule has 0 aromatic heterocycles. The van der Waals surface area contributed by atoms with Crippen LogP contribution >= 0.6 is 0 Å². The zero-order chi connectivity index (χ0) is 18.1. The van der Waals surface area contributed by atoms with Crippen LogP contribution in [0.1, 0.15) is 36.5 Å². The average Bonchev–Trinajstić information content (AvgIpc) is 2.66. The van der Waals surface area contributed by atoms with Crippen molar-refractivity contribution in [2.45, 2.75) is 26.2 Å². The molecule has 0 aliphatic carbocycles. The molecule has 0 aliphatic heterocycles. The number of rotatable bonds is 6. The summed E-state index contributed by atoms with van der Waals surface area (Å²) < 4.78 is 0. The van der Waals surface area contributed by atoms with Crippen LogP contribution in [0.5, 0.6) is 0 Å². The highest BCUT2D eigenvalue weighted by Crippen LogP contribution is 2.14. The quantitative estimate of drug-likeness (QED) is 0.628. The van der Waals surface area contributed by atoms with Crippen LogP contribution in [0, 0.1) is 22.7 Å². The minimum Gasteiger partial charge on any atom is -0.321 e. The number of unbranched alkanes of at least 4 members (excludes halogenated alkanes) is 1. The lowest BCUT2D eigenvalue weighted by atomic mass is 10.1. The zero-order valence-electron chi connectivity index (χ0n) is 14.1.